The molecule has 1 heterocycles. The van der Waals surface area contributed by atoms with Crippen molar-refractivity contribution in [3.63, 3.8) is 0 Å². The highest BCUT2D eigenvalue weighted by atomic mass is 16.4. The van der Waals surface area contributed by atoms with Gasteiger partial charge in [0.05, 0.1) is 12.5 Å². The Morgan fingerprint density at radius 2 is 1.69 bits per heavy atom. The van der Waals surface area contributed by atoms with Crippen LogP contribution in [0.5, 0.6) is 0 Å². The van der Waals surface area contributed by atoms with E-state index in [-0.39, 0.29) is 24.3 Å². The Morgan fingerprint density at radius 3 is 2.19 bits per heavy atom. The Morgan fingerprint density at radius 1 is 1.08 bits per heavy atom. The van der Waals surface area contributed by atoms with Gasteiger partial charge in [-0.15, -0.1) is 0 Å². The number of carboxylic acids is 1. The number of carbonyl (C=O) groups excluding carboxylic acids is 2. The first-order valence-corrected chi connectivity index (χ1v) is 9.31. The van der Waals surface area contributed by atoms with Crippen LogP contribution in [-0.2, 0) is 9.59 Å². The van der Waals surface area contributed by atoms with Crippen molar-refractivity contribution in [2.24, 2.45) is 5.92 Å². The van der Waals surface area contributed by atoms with Gasteiger partial charge in [-0.25, -0.2) is 0 Å². The van der Waals surface area contributed by atoms with Crippen molar-refractivity contribution in [1.29, 1.82) is 0 Å². The minimum atomic E-state index is -0.797. The molecule has 1 aliphatic carbocycles. The van der Waals surface area contributed by atoms with E-state index in [0.29, 0.717) is 37.4 Å². The summed E-state index contributed by atoms with van der Waals surface area (Å²) in [6, 6.07) is 7.72. The fraction of sp³-hybridized carbons (Fsp3) is 0.550. The standard InChI is InChI=1S/C20H26N2O4/c1-21(13-18(23)22-11-9-17(10-12-22)20(25)26)19(24)16-7-5-15(6-8-16)14-3-2-4-14/h5-8,14,17H,2-4,9-13H2,1H3,(H,25,26). The molecule has 140 valence electrons. The Kier molecular flexibility index (Phi) is 5.59. The van der Waals surface area contributed by atoms with Gasteiger partial charge in [0.1, 0.15) is 0 Å². The van der Waals surface area contributed by atoms with E-state index >= 15 is 0 Å². The van der Waals surface area contributed by atoms with Gasteiger partial charge >= 0.3 is 5.97 Å². The molecule has 1 aromatic rings. The number of benzene rings is 1. The molecule has 6 nitrogen and oxygen atoms in total. The van der Waals surface area contributed by atoms with E-state index in [1.54, 1.807) is 11.9 Å². The second-order valence-electron chi connectivity index (χ2n) is 7.40. The van der Waals surface area contributed by atoms with Crippen LogP contribution in [0.25, 0.3) is 0 Å². The summed E-state index contributed by atoms with van der Waals surface area (Å²) in [7, 11) is 1.63. The van der Waals surface area contributed by atoms with Gasteiger partial charge in [-0.2, -0.15) is 0 Å². The first-order chi connectivity index (χ1) is 12.5. The van der Waals surface area contributed by atoms with Crippen LogP contribution in [0.2, 0.25) is 0 Å². The van der Waals surface area contributed by atoms with Crippen LogP contribution in [-0.4, -0.2) is 59.4 Å². The minimum absolute atomic E-state index is 0.0148. The van der Waals surface area contributed by atoms with Gasteiger partial charge in [0.15, 0.2) is 0 Å². The molecule has 2 aliphatic rings. The van der Waals surface area contributed by atoms with Crippen molar-refractivity contribution < 1.29 is 19.5 Å². The van der Waals surface area contributed by atoms with Crippen molar-refractivity contribution in [2.45, 2.75) is 38.0 Å². The van der Waals surface area contributed by atoms with Gasteiger partial charge in [-0.1, -0.05) is 18.6 Å². The molecule has 0 spiro atoms. The van der Waals surface area contributed by atoms with Gasteiger partial charge in [0.2, 0.25) is 5.91 Å². The van der Waals surface area contributed by atoms with Crippen LogP contribution in [0.3, 0.4) is 0 Å². The first-order valence-electron chi connectivity index (χ1n) is 9.31. The molecule has 1 N–H and O–H groups in total. The Balaban J connectivity index is 1.52. The van der Waals surface area contributed by atoms with Crippen molar-refractivity contribution >= 4 is 17.8 Å². The smallest absolute Gasteiger partial charge is 0.306 e. The quantitative estimate of drug-likeness (QED) is 0.876. The zero-order chi connectivity index (χ0) is 18.7. The average Bonchev–Trinajstić information content (AvgIpc) is 2.60. The number of hydrogen-bond donors (Lipinski definition) is 1. The third-order valence-electron chi connectivity index (χ3n) is 5.65. The number of nitrogens with zero attached hydrogens (tertiary/aromatic N) is 2. The number of carboxylic acid groups (broad SMARTS) is 1. The van der Waals surface area contributed by atoms with Crippen molar-refractivity contribution in [3.05, 3.63) is 35.4 Å². The lowest BCUT2D eigenvalue weighted by Gasteiger charge is -2.31. The molecular weight excluding hydrogens is 332 g/mol. The molecular formula is C20H26N2O4. The maximum Gasteiger partial charge on any atom is 0.306 e. The van der Waals surface area contributed by atoms with Crippen molar-refractivity contribution in [2.75, 3.05) is 26.7 Å². The Bertz CT molecular complexity index is 674. The number of amides is 2. The van der Waals surface area contributed by atoms with Crippen LogP contribution >= 0.6 is 0 Å². The highest BCUT2D eigenvalue weighted by Gasteiger charge is 2.28. The average molecular weight is 358 g/mol. The lowest BCUT2D eigenvalue weighted by atomic mass is 9.80. The van der Waals surface area contributed by atoms with E-state index in [0.717, 1.165) is 0 Å². The van der Waals surface area contributed by atoms with Crippen LogP contribution in [0, 0.1) is 5.92 Å². The highest BCUT2D eigenvalue weighted by Crippen LogP contribution is 2.36. The molecule has 1 saturated carbocycles. The summed E-state index contributed by atoms with van der Waals surface area (Å²) in [6.45, 7) is 0.892. The summed E-state index contributed by atoms with van der Waals surface area (Å²) in [4.78, 5) is 39.0. The summed E-state index contributed by atoms with van der Waals surface area (Å²) in [5.41, 5.74) is 1.88. The maximum absolute atomic E-state index is 12.5. The van der Waals surface area contributed by atoms with Crippen LogP contribution in [0.1, 0.15) is 53.9 Å². The highest BCUT2D eigenvalue weighted by molar-refractivity contribution is 5.96. The van der Waals surface area contributed by atoms with Gasteiger partial charge in [0, 0.05) is 25.7 Å². The molecule has 1 saturated heterocycles. The molecule has 0 radical (unpaired) electrons. The monoisotopic (exact) mass is 358 g/mol. The minimum Gasteiger partial charge on any atom is -0.481 e. The molecule has 6 heteroatoms. The van der Waals surface area contributed by atoms with Crippen LogP contribution in [0.15, 0.2) is 24.3 Å². The number of carbonyl (C=O) groups is 3. The molecule has 1 aliphatic heterocycles. The van der Waals surface area contributed by atoms with E-state index in [9.17, 15) is 14.4 Å². The second kappa shape index (κ2) is 7.89. The van der Waals surface area contributed by atoms with E-state index in [1.165, 1.54) is 29.7 Å². The molecule has 1 aromatic carbocycles. The van der Waals surface area contributed by atoms with Crippen molar-refractivity contribution in [1.82, 2.24) is 9.80 Å². The number of likely N-dealkylation sites (N-methyl/N-ethyl adjacent to an activating group) is 1. The predicted octanol–water partition coefficient (Wildman–Crippen LogP) is 2.35. The first kappa shape index (κ1) is 18.4. The third-order valence-corrected chi connectivity index (χ3v) is 5.65. The number of rotatable bonds is 5. The van der Waals surface area contributed by atoms with E-state index in [1.807, 2.05) is 24.3 Å². The summed E-state index contributed by atoms with van der Waals surface area (Å²) in [6.07, 6.45) is 4.67. The molecule has 26 heavy (non-hydrogen) atoms. The zero-order valence-electron chi connectivity index (χ0n) is 15.2. The molecule has 3 rings (SSSR count). The Hall–Kier alpha value is -2.37. The SMILES string of the molecule is CN(CC(=O)N1CCC(C(=O)O)CC1)C(=O)c1ccc(C2CCC2)cc1. The summed E-state index contributed by atoms with van der Waals surface area (Å²) < 4.78 is 0. The molecule has 2 fully saturated rings. The van der Waals surface area contributed by atoms with E-state index in [2.05, 4.69) is 0 Å². The summed E-state index contributed by atoms with van der Waals surface area (Å²) in [5, 5.41) is 9.02. The number of likely N-dealkylation sites (tertiary alicyclic amines) is 1. The molecule has 0 bridgehead atoms. The number of hydrogen-bond acceptors (Lipinski definition) is 3. The van der Waals surface area contributed by atoms with E-state index in [4.69, 9.17) is 5.11 Å². The number of aliphatic carboxylic acids is 1. The second-order valence-corrected chi connectivity index (χ2v) is 7.40. The molecule has 0 aromatic heterocycles. The Labute approximate surface area is 153 Å². The lowest BCUT2D eigenvalue weighted by Crippen LogP contribution is -2.45. The predicted molar refractivity (Wildman–Crippen MR) is 96.9 cm³/mol. The van der Waals surface area contributed by atoms with Crippen LogP contribution in [0.4, 0.5) is 0 Å². The van der Waals surface area contributed by atoms with Crippen LogP contribution < -0.4 is 0 Å². The fourth-order valence-electron chi connectivity index (χ4n) is 3.61. The lowest BCUT2D eigenvalue weighted by molar-refractivity contribution is -0.145. The topological polar surface area (TPSA) is 77.9 Å². The normalized spacial score (nSPS) is 18.3. The zero-order valence-corrected chi connectivity index (χ0v) is 15.2. The van der Waals surface area contributed by atoms with E-state index < -0.39 is 5.97 Å². The van der Waals surface area contributed by atoms with Gasteiger partial charge in [-0.05, 0) is 49.3 Å². The van der Waals surface area contributed by atoms with Crippen molar-refractivity contribution in [3.8, 4) is 0 Å². The molecule has 0 atom stereocenters. The number of piperidine rings is 1. The van der Waals surface area contributed by atoms with Gasteiger partial charge in [0.25, 0.3) is 5.91 Å². The molecule has 2 amide bonds. The summed E-state index contributed by atoms with van der Waals surface area (Å²) in [5.74, 6) is -0.829. The third kappa shape index (κ3) is 4.06. The fourth-order valence-corrected chi connectivity index (χ4v) is 3.61. The molecule has 0 unspecified atom stereocenters. The van der Waals surface area contributed by atoms with Gasteiger partial charge < -0.3 is 14.9 Å². The van der Waals surface area contributed by atoms with Gasteiger partial charge in [-0.3, -0.25) is 14.4 Å². The maximum atomic E-state index is 12.5. The summed E-state index contributed by atoms with van der Waals surface area (Å²) >= 11 is 0. The largest absolute Gasteiger partial charge is 0.481 e.